The van der Waals surface area contributed by atoms with Gasteiger partial charge in [0.15, 0.2) is 0 Å². The summed E-state index contributed by atoms with van der Waals surface area (Å²) in [6.45, 7) is 1.58. The number of aliphatic hydroxyl groups excluding tert-OH is 1. The summed E-state index contributed by atoms with van der Waals surface area (Å²) < 4.78 is 1.96. The molecule has 1 aliphatic heterocycles. The van der Waals surface area contributed by atoms with Gasteiger partial charge >= 0.3 is 0 Å². The Kier molecular flexibility index (Phi) is 12.0. The van der Waals surface area contributed by atoms with Gasteiger partial charge in [-0.15, -0.1) is 12.4 Å². The summed E-state index contributed by atoms with van der Waals surface area (Å²) in [6.07, 6.45) is 5.66. The number of benzene rings is 3. The van der Waals surface area contributed by atoms with Crippen molar-refractivity contribution >= 4 is 61.8 Å². The molecule has 1 aliphatic carbocycles. The van der Waals surface area contributed by atoms with Gasteiger partial charge in [-0.05, 0) is 84.7 Å². The molecule has 1 saturated carbocycles. The summed E-state index contributed by atoms with van der Waals surface area (Å²) in [4.78, 5) is 28.2. The molecule has 3 aromatic rings. The molecule has 3 N–H and O–H groups in total. The van der Waals surface area contributed by atoms with Gasteiger partial charge in [-0.2, -0.15) is 0 Å². The van der Waals surface area contributed by atoms with E-state index in [0.29, 0.717) is 44.0 Å². The van der Waals surface area contributed by atoms with Gasteiger partial charge in [0.25, 0.3) is 5.91 Å². The van der Waals surface area contributed by atoms with Crippen molar-refractivity contribution in [1.29, 1.82) is 0 Å². The van der Waals surface area contributed by atoms with Crippen molar-refractivity contribution < 1.29 is 14.7 Å². The number of aliphatic hydroxyl groups is 1. The molecule has 0 spiro atoms. The second-order valence-corrected chi connectivity index (χ2v) is 13.0. The Morgan fingerprint density at radius 1 is 0.952 bits per heavy atom. The molecule has 224 valence electrons. The zero-order valence-electron chi connectivity index (χ0n) is 23.5. The molecule has 6 nitrogen and oxygen atoms in total. The molecule has 0 bridgehead atoms. The highest BCUT2D eigenvalue weighted by Gasteiger charge is 2.27. The maximum Gasteiger partial charge on any atom is 0.251 e. The minimum Gasteiger partial charge on any atom is -0.390 e. The first-order chi connectivity index (χ1) is 19.9. The summed E-state index contributed by atoms with van der Waals surface area (Å²) in [5.41, 5.74) is 4.60. The van der Waals surface area contributed by atoms with Gasteiger partial charge in [0.05, 0.1) is 12.1 Å². The molecule has 2 amide bonds. The Labute approximate surface area is 271 Å². The highest BCUT2D eigenvalue weighted by Crippen LogP contribution is 2.37. The van der Waals surface area contributed by atoms with Gasteiger partial charge in [0.2, 0.25) is 5.91 Å². The zero-order chi connectivity index (χ0) is 28.8. The monoisotopic (exact) mass is 717 g/mol. The third-order valence-electron chi connectivity index (χ3n) is 8.10. The second-order valence-electron chi connectivity index (χ2n) is 11.2. The molecule has 2 aliphatic rings. The molecule has 3 aromatic carbocycles. The van der Waals surface area contributed by atoms with Crippen LogP contribution in [0.3, 0.4) is 0 Å². The van der Waals surface area contributed by atoms with E-state index in [1.807, 2.05) is 65.6 Å². The number of nitrogens with one attached hydrogen (secondary N) is 2. The molecule has 0 aromatic heterocycles. The van der Waals surface area contributed by atoms with E-state index in [9.17, 15) is 14.7 Å². The summed E-state index contributed by atoms with van der Waals surface area (Å²) in [6, 6.07) is 21.4. The average molecular weight is 720 g/mol. The molecule has 42 heavy (non-hydrogen) atoms. The van der Waals surface area contributed by atoms with Crippen LogP contribution in [0.1, 0.15) is 71.5 Å². The predicted molar refractivity (Wildman–Crippen MR) is 177 cm³/mol. The maximum absolute atomic E-state index is 13.8. The van der Waals surface area contributed by atoms with E-state index in [4.69, 9.17) is 0 Å². The van der Waals surface area contributed by atoms with Crippen LogP contribution >= 0.6 is 44.3 Å². The van der Waals surface area contributed by atoms with Crippen LogP contribution in [0.2, 0.25) is 0 Å². The van der Waals surface area contributed by atoms with Crippen molar-refractivity contribution in [3.05, 3.63) is 97.9 Å². The molecule has 2 fully saturated rings. The van der Waals surface area contributed by atoms with Gasteiger partial charge in [0, 0.05) is 46.3 Å². The molecule has 0 unspecified atom stereocenters. The quantitative estimate of drug-likeness (QED) is 0.201. The highest BCUT2D eigenvalue weighted by molar-refractivity contribution is 9.11. The van der Waals surface area contributed by atoms with E-state index in [1.54, 1.807) is 0 Å². The minimum absolute atomic E-state index is 0. The van der Waals surface area contributed by atoms with E-state index in [0.717, 1.165) is 50.6 Å². The maximum atomic E-state index is 13.8. The van der Waals surface area contributed by atoms with Crippen molar-refractivity contribution in [3.63, 3.8) is 0 Å². The van der Waals surface area contributed by atoms with E-state index in [-0.39, 0.29) is 24.2 Å². The summed E-state index contributed by atoms with van der Waals surface area (Å²) in [5, 5.41) is 17.8. The van der Waals surface area contributed by atoms with Crippen molar-refractivity contribution in [1.82, 2.24) is 10.6 Å². The second kappa shape index (κ2) is 15.5. The number of nitrogens with zero attached hydrogens (tertiary/aromatic N) is 1. The standard InChI is InChI=1S/C33H37Br2N3O3.ClH/c34-27-13-23(14-28(35)19-27)20-36-21-31(39)30(15-22-7-2-1-3-8-22)37-33(41)26-16-25(24-9-4-5-10-24)17-29(18-26)38-12-6-11-32(38)40;/h1-3,7-8,13-14,16-19,24,30-31,36,39H,4-6,9-12,15,20-21H2,(H,37,41);1H/t30-,31+;/m0./s1. The van der Waals surface area contributed by atoms with Gasteiger partial charge in [-0.3, -0.25) is 9.59 Å². The molecular weight excluding hydrogens is 682 g/mol. The van der Waals surface area contributed by atoms with Gasteiger partial charge in [-0.1, -0.05) is 75.0 Å². The number of halogens is 3. The van der Waals surface area contributed by atoms with Crippen molar-refractivity contribution in [2.75, 3.05) is 18.0 Å². The summed E-state index contributed by atoms with van der Waals surface area (Å²) in [7, 11) is 0. The first-order valence-electron chi connectivity index (χ1n) is 14.5. The number of rotatable bonds is 11. The van der Waals surface area contributed by atoms with Gasteiger partial charge in [0.1, 0.15) is 0 Å². The molecule has 1 saturated heterocycles. The first-order valence-corrected chi connectivity index (χ1v) is 16.1. The first kappa shape index (κ1) is 32.7. The van der Waals surface area contributed by atoms with E-state index in [1.165, 1.54) is 12.8 Å². The highest BCUT2D eigenvalue weighted by atomic mass is 79.9. The lowest BCUT2D eigenvalue weighted by Gasteiger charge is -2.26. The van der Waals surface area contributed by atoms with Crippen molar-refractivity contribution in [2.45, 2.75) is 69.6 Å². The van der Waals surface area contributed by atoms with E-state index in [2.05, 4.69) is 48.6 Å². The molecule has 0 radical (unpaired) electrons. The Morgan fingerprint density at radius 3 is 2.33 bits per heavy atom. The van der Waals surface area contributed by atoms with Crippen LogP contribution in [0.25, 0.3) is 0 Å². The van der Waals surface area contributed by atoms with Crippen LogP contribution in [0, 0.1) is 0 Å². The molecule has 5 rings (SSSR count). The fraction of sp³-hybridized carbons (Fsp3) is 0.394. The smallest absolute Gasteiger partial charge is 0.251 e. The van der Waals surface area contributed by atoms with Crippen LogP contribution in [-0.4, -0.2) is 42.2 Å². The Morgan fingerprint density at radius 2 is 1.67 bits per heavy atom. The summed E-state index contributed by atoms with van der Waals surface area (Å²) in [5.74, 6) is 0.293. The number of hydrogen-bond acceptors (Lipinski definition) is 4. The van der Waals surface area contributed by atoms with E-state index >= 15 is 0 Å². The SMILES string of the molecule is Cl.O=C(N[C@@H](Cc1ccccc1)[C@H](O)CNCc1cc(Br)cc(Br)c1)c1cc(C2CCCC2)cc(N2CCCC2=O)c1. The van der Waals surface area contributed by atoms with Gasteiger partial charge in [-0.25, -0.2) is 0 Å². The lowest BCUT2D eigenvalue weighted by Crippen LogP contribution is -2.48. The Hall–Kier alpha value is -2.23. The van der Waals surface area contributed by atoms with Crippen LogP contribution < -0.4 is 15.5 Å². The normalized spacial score (nSPS) is 16.7. The largest absolute Gasteiger partial charge is 0.390 e. The number of anilines is 1. The number of amides is 2. The molecule has 2 atom stereocenters. The fourth-order valence-electron chi connectivity index (χ4n) is 5.96. The number of carbonyl (C=O) groups is 2. The minimum atomic E-state index is -0.813. The van der Waals surface area contributed by atoms with Gasteiger partial charge < -0.3 is 20.6 Å². The van der Waals surface area contributed by atoms with Crippen LogP contribution in [0.5, 0.6) is 0 Å². The molecule has 1 heterocycles. The third-order valence-corrected chi connectivity index (χ3v) is 9.01. The fourth-order valence-corrected chi connectivity index (χ4v) is 7.35. The van der Waals surface area contributed by atoms with Crippen LogP contribution in [0.4, 0.5) is 5.69 Å². The lowest BCUT2D eigenvalue weighted by atomic mass is 9.94. The Bertz CT molecular complexity index is 1350. The number of hydrogen-bond donors (Lipinski definition) is 3. The third kappa shape index (κ3) is 8.66. The van der Waals surface area contributed by atoms with Crippen molar-refractivity contribution in [2.24, 2.45) is 0 Å². The van der Waals surface area contributed by atoms with E-state index < -0.39 is 12.1 Å². The van der Waals surface area contributed by atoms with Crippen molar-refractivity contribution in [3.8, 4) is 0 Å². The summed E-state index contributed by atoms with van der Waals surface area (Å²) >= 11 is 7.05. The lowest BCUT2D eigenvalue weighted by molar-refractivity contribution is -0.117. The number of carbonyl (C=O) groups excluding carboxylic acids is 2. The average Bonchev–Trinajstić information content (AvgIpc) is 3.65. The van der Waals surface area contributed by atoms with Crippen LogP contribution in [-0.2, 0) is 17.8 Å². The molecular formula is C33H38Br2ClN3O3. The predicted octanol–water partition coefficient (Wildman–Crippen LogP) is 6.91. The topological polar surface area (TPSA) is 81.7 Å². The zero-order valence-corrected chi connectivity index (χ0v) is 27.5. The van der Waals surface area contributed by atoms with Crippen LogP contribution in [0.15, 0.2) is 75.7 Å². The Balaban J connectivity index is 0.00000405. The molecule has 9 heteroatoms.